The number of allylic oxidation sites excluding steroid dienone is 1. The van der Waals surface area contributed by atoms with Crippen molar-refractivity contribution in [2.75, 3.05) is 13.6 Å². The predicted octanol–water partition coefficient (Wildman–Crippen LogP) is 1.70. The van der Waals surface area contributed by atoms with Gasteiger partial charge in [0.15, 0.2) is 0 Å². The smallest absolute Gasteiger partial charge is 0.0488 e. The van der Waals surface area contributed by atoms with Gasteiger partial charge in [-0.05, 0) is 17.0 Å². The van der Waals surface area contributed by atoms with E-state index in [0.717, 1.165) is 16.6 Å². The normalized spacial score (nSPS) is 14.0. The van der Waals surface area contributed by atoms with Crippen molar-refractivity contribution >= 4 is 21.6 Å². The van der Waals surface area contributed by atoms with Crippen LogP contribution in [0.2, 0.25) is 0 Å². The molecule has 0 heterocycles. The summed E-state index contributed by atoms with van der Waals surface area (Å²) in [6, 6.07) is 0. The Morgan fingerprint density at radius 2 is 2.30 bits per heavy atom. The van der Waals surface area contributed by atoms with Crippen LogP contribution in [0.15, 0.2) is 15.6 Å². The van der Waals surface area contributed by atoms with E-state index in [1.165, 1.54) is 0 Å². The fourth-order valence-electron chi connectivity index (χ4n) is 0.498. The maximum atomic E-state index is 5.39. The third kappa shape index (κ3) is 3.80. The lowest BCUT2D eigenvalue weighted by atomic mass is 10.3. The Bertz CT molecular complexity index is 150. The SMILES string of the molecule is CC/C(Br)=C\C(CN)=NC. The molecule has 58 valence electrons. The quantitative estimate of drug-likeness (QED) is 0.699. The second kappa shape index (κ2) is 5.62. The number of nitrogens with zero attached hydrogens (tertiary/aromatic N) is 1. The summed E-state index contributed by atoms with van der Waals surface area (Å²) >= 11 is 3.38. The molecule has 2 N–H and O–H groups in total. The van der Waals surface area contributed by atoms with E-state index in [0.29, 0.717) is 6.54 Å². The predicted molar refractivity (Wildman–Crippen MR) is 49.7 cm³/mol. The molecule has 0 spiro atoms. The van der Waals surface area contributed by atoms with Crippen molar-refractivity contribution in [2.45, 2.75) is 13.3 Å². The van der Waals surface area contributed by atoms with Crippen molar-refractivity contribution in [3.8, 4) is 0 Å². The molecule has 0 saturated carbocycles. The molecule has 0 atom stereocenters. The molecule has 0 amide bonds. The first-order chi connectivity index (χ1) is 4.74. The lowest BCUT2D eigenvalue weighted by Crippen LogP contribution is -2.11. The Kier molecular flexibility index (Phi) is 5.54. The van der Waals surface area contributed by atoms with Crippen LogP contribution < -0.4 is 5.73 Å². The molecule has 0 aliphatic heterocycles. The average Bonchev–Trinajstić information content (AvgIpc) is 1.99. The highest BCUT2D eigenvalue weighted by molar-refractivity contribution is 9.11. The summed E-state index contributed by atoms with van der Waals surface area (Å²) in [6.45, 7) is 2.58. The fraction of sp³-hybridized carbons (Fsp3) is 0.571. The summed E-state index contributed by atoms with van der Waals surface area (Å²) in [4.78, 5) is 3.98. The van der Waals surface area contributed by atoms with Crippen LogP contribution >= 0.6 is 15.9 Å². The molecule has 2 nitrogen and oxygen atoms in total. The van der Waals surface area contributed by atoms with Gasteiger partial charge in [0.25, 0.3) is 0 Å². The van der Waals surface area contributed by atoms with Crippen molar-refractivity contribution in [3.63, 3.8) is 0 Å². The molecule has 0 saturated heterocycles. The molecule has 0 aromatic heterocycles. The molecule has 3 heteroatoms. The monoisotopic (exact) mass is 204 g/mol. The van der Waals surface area contributed by atoms with Crippen molar-refractivity contribution in [3.05, 3.63) is 10.6 Å². The fourth-order valence-corrected chi connectivity index (χ4v) is 0.762. The van der Waals surface area contributed by atoms with Gasteiger partial charge >= 0.3 is 0 Å². The minimum atomic E-state index is 0.506. The third-order valence-electron chi connectivity index (χ3n) is 1.16. The van der Waals surface area contributed by atoms with Crippen LogP contribution in [-0.2, 0) is 0 Å². The molecule has 0 bridgehead atoms. The van der Waals surface area contributed by atoms with Gasteiger partial charge < -0.3 is 5.73 Å². The second-order valence-corrected chi connectivity index (χ2v) is 2.88. The average molecular weight is 205 g/mol. The van der Waals surface area contributed by atoms with E-state index in [-0.39, 0.29) is 0 Å². The van der Waals surface area contributed by atoms with E-state index >= 15 is 0 Å². The second-order valence-electron chi connectivity index (χ2n) is 1.86. The lowest BCUT2D eigenvalue weighted by Gasteiger charge is -1.95. The van der Waals surface area contributed by atoms with Gasteiger partial charge in [-0.1, -0.05) is 22.9 Å². The van der Waals surface area contributed by atoms with Crippen molar-refractivity contribution in [1.29, 1.82) is 0 Å². The Morgan fingerprint density at radius 1 is 1.70 bits per heavy atom. The Morgan fingerprint density at radius 3 is 2.60 bits per heavy atom. The van der Waals surface area contributed by atoms with E-state index in [4.69, 9.17) is 5.73 Å². The van der Waals surface area contributed by atoms with E-state index in [9.17, 15) is 0 Å². The molecule has 0 fully saturated rings. The number of halogens is 1. The van der Waals surface area contributed by atoms with Gasteiger partial charge in [0.1, 0.15) is 0 Å². The van der Waals surface area contributed by atoms with Crippen LogP contribution in [0.5, 0.6) is 0 Å². The molecule has 0 unspecified atom stereocenters. The Hall–Kier alpha value is -0.150. The van der Waals surface area contributed by atoms with Gasteiger partial charge in [-0.3, -0.25) is 4.99 Å². The summed E-state index contributed by atoms with van der Waals surface area (Å²) in [7, 11) is 1.74. The van der Waals surface area contributed by atoms with Crippen molar-refractivity contribution in [1.82, 2.24) is 0 Å². The van der Waals surface area contributed by atoms with Gasteiger partial charge in [0.2, 0.25) is 0 Å². The van der Waals surface area contributed by atoms with Gasteiger partial charge in [-0.2, -0.15) is 0 Å². The first-order valence-corrected chi connectivity index (χ1v) is 4.05. The molecule has 0 aliphatic carbocycles. The highest BCUT2D eigenvalue weighted by atomic mass is 79.9. The maximum absolute atomic E-state index is 5.39. The Balaban J connectivity index is 4.08. The summed E-state index contributed by atoms with van der Waals surface area (Å²) in [6.07, 6.45) is 2.94. The highest BCUT2D eigenvalue weighted by Gasteiger charge is 1.90. The minimum absolute atomic E-state index is 0.506. The Labute approximate surface area is 70.3 Å². The van der Waals surface area contributed by atoms with E-state index in [1.807, 2.05) is 6.08 Å². The van der Waals surface area contributed by atoms with Gasteiger partial charge in [0.05, 0.1) is 0 Å². The number of rotatable bonds is 3. The van der Waals surface area contributed by atoms with E-state index in [2.05, 4.69) is 27.8 Å². The molecule has 10 heavy (non-hydrogen) atoms. The van der Waals surface area contributed by atoms with Crippen LogP contribution in [0.1, 0.15) is 13.3 Å². The first-order valence-electron chi connectivity index (χ1n) is 3.26. The summed E-state index contributed by atoms with van der Waals surface area (Å²) in [5.74, 6) is 0. The third-order valence-corrected chi connectivity index (χ3v) is 1.95. The van der Waals surface area contributed by atoms with Crippen LogP contribution in [0.4, 0.5) is 0 Å². The first kappa shape index (κ1) is 9.85. The molecule has 0 aromatic rings. The van der Waals surface area contributed by atoms with Crippen molar-refractivity contribution in [2.24, 2.45) is 10.7 Å². The molecule has 0 aliphatic rings. The van der Waals surface area contributed by atoms with E-state index < -0.39 is 0 Å². The zero-order valence-electron chi connectivity index (χ0n) is 6.39. The number of nitrogens with two attached hydrogens (primary N) is 1. The van der Waals surface area contributed by atoms with Gasteiger partial charge in [0, 0.05) is 19.3 Å². The van der Waals surface area contributed by atoms with Crippen LogP contribution in [0.3, 0.4) is 0 Å². The summed E-state index contributed by atoms with van der Waals surface area (Å²) < 4.78 is 1.14. The van der Waals surface area contributed by atoms with Crippen molar-refractivity contribution < 1.29 is 0 Å². The molecule has 0 rings (SSSR count). The zero-order chi connectivity index (χ0) is 7.98. The molecular weight excluding hydrogens is 192 g/mol. The summed E-state index contributed by atoms with van der Waals surface area (Å²) in [5.41, 5.74) is 6.31. The van der Waals surface area contributed by atoms with Crippen LogP contribution in [-0.4, -0.2) is 19.3 Å². The van der Waals surface area contributed by atoms with Crippen LogP contribution in [0.25, 0.3) is 0 Å². The number of hydrogen-bond acceptors (Lipinski definition) is 2. The molecule has 0 radical (unpaired) electrons. The number of aliphatic imine (C=N–C) groups is 1. The van der Waals surface area contributed by atoms with Gasteiger partial charge in [-0.25, -0.2) is 0 Å². The number of hydrogen-bond donors (Lipinski definition) is 1. The van der Waals surface area contributed by atoms with Crippen LogP contribution in [0, 0.1) is 0 Å². The largest absolute Gasteiger partial charge is 0.325 e. The standard InChI is InChI=1S/C7H13BrN2/c1-3-6(8)4-7(5-9)10-2/h4H,3,5,9H2,1-2H3/b6-4+,10-7?. The lowest BCUT2D eigenvalue weighted by molar-refractivity contribution is 1.20. The topological polar surface area (TPSA) is 38.4 Å². The highest BCUT2D eigenvalue weighted by Crippen LogP contribution is 2.08. The molecular formula is C7H13BrN2. The zero-order valence-corrected chi connectivity index (χ0v) is 7.98. The maximum Gasteiger partial charge on any atom is 0.0488 e. The molecule has 0 aromatic carbocycles. The minimum Gasteiger partial charge on any atom is -0.325 e. The van der Waals surface area contributed by atoms with E-state index in [1.54, 1.807) is 7.05 Å². The van der Waals surface area contributed by atoms with Gasteiger partial charge in [-0.15, -0.1) is 0 Å². The summed E-state index contributed by atoms with van der Waals surface area (Å²) in [5, 5.41) is 0.